The van der Waals surface area contributed by atoms with E-state index in [0.717, 1.165) is 5.71 Å². The summed E-state index contributed by atoms with van der Waals surface area (Å²) in [5.74, 6) is 4.80. The highest BCUT2D eigenvalue weighted by Crippen LogP contribution is 1.67. The number of hydrogen-bond acceptors (Lipinski definition) is 2. The molecule has 0 aliphatic heterocycles. The first-order chi connectivity index (χ1) is 3.81. The van der Waals surface area contributed by atoms with Gasteiger partial charge in [-0.3, -0.25) is 0 Å². The third-order valence-electron chi connectivity index (χ3n) is 0.499. The zero-order valence-electron chi connectivity index (χ0n) is 5.81. The Balaban J connectivity index is 0. The maximum absolute atomic E-state index is 4.80. The van der Waals surface area contributed by atoms with E-state index in [1.807, 2.05) is 13.8 Å². The minimum Gasteiger partial charge on any atom is -0.323 e. The average molecular weight is 114 g/mol. The highest BCUT2D eigenvalue weighted by Gasteiger charge is 1.69. The molecule has 48 valence electrons. The molecule has 0 radical (unpaired) electrons. The lowest BCUT2D eigenvalue weighted by Gasteiger charge is -1.77. The quantitative estimate of drug-likeness (QED) is 0.313. The molecule has 0 amide bonds. The van der Waals surface area contributed by atoms with Crippen LogP contribution in [0.5, 0.6) is 0 Å². The lowest BCUT2D eigenvalue weighted by Crippen LogP contribution is -1.88. The number of rotatable bonds is 1. The van der Waals surface area contributed by atoms with Crippen molar-refractivity contribution in [3.8, 4) is 0 Å². The molecule has 0 spiro atoms. The van der Waals surface area contributed by atoms with Crippen LogP contribution in [0.2, 0.25) is 0 Å². The van der Waals surface area contributed by atoms with Crippen molar-refractivity contribution in [3.63, 3.8) is 0 Å². The van der Waals surface area contributed by atoms with E-state index in [-0.39, 0.29) is 0 Å². The van der Waals surface area contributed by atoms with Crippen LogP contribution < -0.4 is 5.84 Å². The number of hydrogen-bond donors (Lipinski definition) is 1. The van der Waals surface area contributed by atoms with E-state index in [4.69, 9.17) is 5.84 Å². The first-order valence-electron chi connectivity index (χ1n) is 2.68. The molecule has 8 heavy (non-hydrogen) atoms. The summed E-state index contributed by atoms with van der Waals surface area (Å²) in [5, 5.41) is 3.31. The van der Waals surface area contributed by atoms with Crippen molar-refractivity contribution in [2.24, 2.45) is 10.9 Å². The standard InChI is InChI=1S/C4H8N2.C2H6/c1-3-4(2)6-5;1-2/h3H,1,5H2,2H3;1-2H3/b6-4-;. The van der Waals surface area contributed by atoms with Crippen LogP contribution in [0.15, 0.2) is 17.8 Å². The summed E-state index contributed by atoms with van der Waals surface area (Å²) in [4.78, 5) is 0. The Kier molecular flexibility index (Phi) is 12.2. The van der Waals surface area contributed by atoms with Gasteiger partial charge in [0.2, 0.25) is 0 Å². The van der Waals surface area contributed by atoms with Gasteiger partial charge in [0.15, 0.2) is 0 Å². The van der Waals surface area contributed by atoms with Crippen molar-refractivity contribution in [1.82, 2.24) is 0 Å². The minimum absolute atomic E-state index is 0.759. The van der Waals surface area contributed by atoms with Gasteiger partial charge in [0.25, 0.3) is 0 Å². The molecule has 0 heterocycles. The van der Waals surface area contributed by atoms with E-state index in [0.29, 0.717) is 0 Å². The summed E-state index contributed by atoms with van der Waals surface area (Å²) in [6, 6.07) is 0. The lowest BCUT2D eigenvalue weighted by molar-refractivity contribution is 1.24. The molecule has 2 heteroatoms. The van der Waals surface area contributed by atoms with Crippen LogP contribution in [-0.4, -0.2) is 5.71 Å². The molecule has 0 rings (SSSR count). The van der Waals surface area contributed by atoms with Crippen LogP contribution in [-0.2, 0) is 0 Å². The van der Waals surface area contributed by atoms with Gasteiger partial charge in [-0.1, -0.05) is 20.4 Å². The lowest BCUT2D eigenvalue weighted by atomic mass is 10.4. The van der Waals surface area contributed by atoms with Crippen molar-refractivity contribution < 1.29 is 0 Å². The van der Waals surface area contributed by atoms with Gasteiger partial charge in [-0.15, -0.1) is 0 Å². The Bertz CT molecular complexity index is 74.6. The van der Waals surface area contributed by atoms with Crippen LogP contribution in [0.1, 0.15) is 20.8 Å². The molecule has 0 saturated carbocycles. The topological polar surface area (TPSA) is 38.4 Å². The average Bonchev–Trinajstić information content (AvgIpc) is 1.91. The number of nitrogens with zero attached hydrogens (tertiary/aromatic N) is 1. The normalized spacial score (nSPS) is 9.12. The molecule has 0 atom stereocenters. The largest absolute Gasteiger partial charge is 0.323 e. The zero-order chi connectivity index (χ0) is 6.99. The Labute approximate surface area is 51.1 Å². The Morgan fingerprint density at radius 1 is 1.62 bits per heavy atom. The predicted molar refractivity (Wildman–Crippen MR) is 38.8 cm³/mol. The third-order valence-corrected chi connectivity index (χ3v) is 0.499. The molecular formula is C6H14N2. The second kappa shape index (κ2) is 9.51. The van der Waals surface area contributed by atoms with E-state index < -0.39 is 0 Å². The first kappa shape index (κ1) is 10.2. The van der Waals surface area contributed by atoms with Gasteiger partial charge in [-0.2, -0.15) is 5.10 Å². The number of hydrazone groups is 1. The molecule has 0 bridgehead atoms. The van der Waals surface area contributed by atoms with Crippen molar-refractivity contribution >= 4 is 5.71 Å². The van der Waals surface area contributed by atoms with Gasteiger partial charge in [0, 0.05) is 0 Å². The SMILES string of the molecule is C=C/C(C)=N\N.CC. The fourth-order valence-corrected chi connectivity index (χ4v) is 0.0527. The van der Waals surface area contributed by atoms with Crippen LogP contribution >= 0.6 is 0 Å². The predicted octanol–water partition coefficient (Wildman–Crippen LogP) is 1.53. The smallest absolute Gasteiger partial charge is 0.0563 e. The van der Waals surface area contributed by atoms with Crippen molar-refractivity contribution in [3.05, 3.63) is 12.7 Å². The summed E-state index contributed by atoms with van der Waals surface area (Å²) >= 11 is 0. The van der Waals surface area contributed by atoms with Gasteiger partial charge >= 0.3 is 0 Å². The molecule has 0 aliphatic rings. The second-order valence-electron chi connectivity index (χ2n) is 0.975. The first-order valence-corrected chi connectivity index (χ1v) is 2.68. The highest BCUT2D eigenvalue weighted by molar-refractivity contribution is 5.91. The molecule has 0 aliphatic carbocycles. The van der Waals surface area contributed by atoms with Crippen molar-refractivity contribution in [2.45, 2.75) is 20.8 Å². The summed E-state index contributed by atoms with van der Waals surface area (Å²) in [6.07, 6.45) is 1.60. The fraction of sp³-hybridized carbons (Fsp3) is 0.500. The Hall–Kier alpha value is -0.790. The van der Waals surface area contributed by atoms with Crippen molar-refractivity contribution in [2.75, 3.05) is 0 Å². The van der Waals surface area contributed by atoms with Gasteiger partial charge in [-0.25, -0.2) is 0 Å². The molecule has 0 saturated heterocycles. The molecule has 0 aromatic heterocycles. The summed E-state index contributed by atoms with van der Waals surface area (Å²) in [5.41, 5.74) is 0.759. The van der Waals surface area contributed by atoms with E-state index in [1.165, 1.54) is 0 Å². The van der Waals surface area contributed by atoms with Crippen LogP contribution in [0, 0.1) is 0 Å². The number of allylic oxidation sites excluding steroid dienone is 1. The monoisotopic (exact) mass is 114 g/mol. The Morgan fingerprint density at radius 2 is 2.00 bits per heavy atom. The molecule has 0 fully saturated rings. The summed E-state index contributed by atoms with van der Waals surface area (Å²) < 4.78 is 0. The van der Waals surface area contributed by atoms with Gasteiger partial charge in [0.1, 0.15) is 0 Å². The molecule has 0 aromatic carbocycles. The summed E-state index contributed by atoms with van der Waals surface area (Å²) in [7, 11) is 0. The fourth-order valence-electron chi connectivity index (χ4n) is 0.0527. The van der Waals surface area contributed by atoms with E-state index in [2.05, 4.69) is 11.7 Å². The van der Waals surface area contributed by atoms with E-state index in [9.17, 15) is 0 Å². The Morgan fingerprint density at radius 3 is 2.00 bits per heavy atom. The van der Waals surface area contributed by atoms with Crippen LogP contribution in [0.4, 0.5) is 0 Å². The molecule has 2 N–H and O–H groups in total. The van der Waals surface area contributed by atoms with E-state index >= 15 is 0 Å². The second-order valence-corrected chi connectivity index (χ2v) is 0.975. The third kappa shape index (κ3) is 8.96. The van der Waals surface area contributed by atoms with E-state index in [1.54, 1.807) is 13.0 Å². The maximum Gasteiger partial charge on any atom is 0.0563 e. The van der Waals surface area contributed by atoms with Gasteiger partial charge in [0.05, 0.1) is 5.71 Å². The molecule has 0 unspecified atom stereocenters. The maximum atomic E-state index is 4.80. The number of nitrogens with two attached hydrogens (primary N) is 1. The minimum atomic E-state index is 0.759. The van der Waals surface area contributed by atoms with Crippen LogP contribution in [0.3, 0.4) is 0 Å². The molecule has 2 nitrogen and oxygen atoms in total. The highest BCUT2D eigenvalue weighted by atomic mass is 15.1. The molecule has 0 aromatic rings. The molecular weight excluding hydrogens is 100 g/mol. The van der Waals surface area contributed by atoms with Crippen molar-refractivity contribution in [1.29, 1.82) is 0 Å². The van der Waals surface area contributed by atoms with Gasteiger partial charge < -0.3 is 5.84 Å². The zero-order valence-corrected chi connectivity index (χ0v) is 5.81. The van der Waals surface area contributed by atoms with Crippen LogP contribution in [0.25, 0.3) is 0 Å². The van der Waals surface area contributed by atoms with Gasteiger partial charge in [-0.05, 0) is 13.0 Å². The summed E-state index contributed by atoms with van der Waals surface area (Å²) in [6.45, 7) is 9.21.